The average molecular weight is 528 g/mol. The van der Waals surface area contributed by atoms with Crippen LogP contribution in [0.5, 0.6) is 5.75 Å². The van der Waals surface area contributed by atoms with Gasteiger partial charge in [0.2, 0.25) is 0 Å². The van der Waals surface area contributed by atoms with Crippen LogP contribution in [0.15, 0.2) is 53.5 Å². The lowest BCUT2D eigenvalue weighted by Gasteiger charge is -2.37. The summed E-state index contributed by atoms with van der Waals surface area (Å²) in [5, 5.41) is 13.8. The minimum atomic E-state index is -0.686. The van der Waals surface area contributed by atoms with E-state index in [1.54, 1.807) is 13.2 Å². The largest absolute Gasteiger partial charge is 0.497 e. The zero-order valence-electron chi connectivity index (χ0n) is 17.4. The van der Waals surface area contributed by atoms with E-state index >= 15 is 0 Å². The van der Waals surface area contributed by atoms with Crippen LogP contribution in [0.1, 0.15) is 18.6 Å². The van der Waals surface area contributed by atoms with Gasteiger partial charge in [-0.15, -0.1) is 24.0 Å². The number of nitrogens with one attached hydrogen (secondary N) is 1. The third-order valence-corrected chi connectivity index (χ3v) is 5.02. The van der Waals surface area contributed by atoms with Gasteiger partial charge in [0.25, 0.3) is 0 Å². The van der Waals surface area contributed by atoms with Gasteiger partial charge in [0.15, 0.2) is 5.96 Å². The molecule has 1 heterocycles. The second kappa shape index (κ2) is 11.9. The Balaban J connectivity index is 0.00000320. The zero-order chi connectivity index (χ0) is 20.6. The Bertz CT molecular complexity index is 811. The van der Waals surface area contributed by atoms with Gasteiger partial charge in [0.05, 0.1) is 25.4 Å². The zero-order valence-corrected chi connectivity index (χ0v) is 19.8. The van der Waals surface area contributed by atoms with Gasteiger partial charge in [-0.1, -0.05) is 24.3 Å². The summed E-state index contributed by atoms with van der Waals surface area (Å²) in [7, 11) is 1.62. The Morgan fingerprint density at radius 1 is 1.13 bits per heavy atom. The number of anilines is 1. The Morgan fingerprint density at radius 3 is 2.40 bits per heavy atom. The molecule has 1 aliphatic heterocycles. The van der Waals surface area contributed by atoms with Crippen LogP contribution in [0.25, 0.3) is 0 Å². The van der Waals surface area contributed by atoms with E-state index in [4.69, 9.17) is 4.74 Å². The Hall–Kier alpha value is -2.07. The molecule has 1 saturated heterocycles. The van der Waals surface area contributed by atoms with Crippen LogP contribution in [0, 0.1) is 5.82 Å². The molecule has 1 atom stereocenters. The molecule has 0 bridgehead atoms. The lowest BCUT2D eigenvalue weighted by Crippen LogP contribution is -2.52. The third kappa shape index (κ3) is 6.21. The van der Waals surface area contributed by atoms with Crippen molar-refractivity contribution in [1.82, 2.24) is 10.2 Å². The molecule has 3 rings (SSSR count). The molecule has 1 fully saturated rings. The number of piperazine rings is 1. The summed E-state index contributed by atoms with van der Waals surface area (Å²) in [6, 6.07) is 14.2. The number of ether oxygens (including phenoxy) is 1. The predicted molar refractivity (Wildman–Crippen MR) is 130 cm³/mol. The molecule has 1 aliphatic rings. The standard InChI is InChI=1S/C22H29FN4O2.HI/c1-3-24-22(25-16-21(28)17-8-10-18(29-2)11-9-17)27-14-12-26(13-15-27)20-7-5-4-6-19(20)23;/h4-11,21,28H,3,12-16H2,1-2H3,(H,24,25);1H. The summed E-state index contributed by atoms with van der Waals surface area (Å²) in [5.74, 6) is 1.34. The quantitative estimate of drug-likeness (QED) is 0.343. The number of halogens is 2. The third-order valence-electron chi connectivity index (χ3n) is 5.02. The number of aliphatic hydroxyl groups excluding tert-OH is 1. The van der Waals surface area contributed by atoms with E-state index in [0.717, 1.165) is 36.9 Å². The van der Waals surface area contributed by atoms with Crippen LogP contribution in [-0.2, 0) is 0 Å². The molecule has 0 saturated carbocycles. The summed E-state index contributed by atoms with van der Waals surface area (Å²) in [6.45, 7) is 5.93. The summed E-state index contributed by atoms with van der Waals surface area (Å²) in [6.07, 6.45) is -0.686. The first kappa shape index (κ1) is 24.2. The van der Waals surface area contributed by atoms with Crippen molar-refractivity contribution >= 4 is 35.6 Å². The van der Waals surface area contributed by atoms with Crippen LogP contribution < -0.4 is 15.0 Å². The highest BCUT2D eigenvalue weighted by Gasteiger charge is 2.21. The number of hydrogen-bond donors (Lipinski definition) is 2. The molecule has 2 aromatic carbocycles. The average Bonchev–Trinajstić information content (AvgIpc) is 2.77. The van der Waals surface area contributed by atoms with E-state index in [1.165, 1.54) is 6.07 Å². The molecular formula is C22H30FIN4O2. The number of rotatable bonds is 6. The van der Waals surface area contributed by atoms with Gasteiger partial charge >= 0.3 is 0 Å². The number of methoxy groups -OCH3 is 1. The van der Waals surface area contributed by atoms with Crippen molar-refractivity contribution in [3.05, 3.63) is 59.9 Å². The molecule has 0 spiro atoms. The highest BCUT2D eigenvalue weighted by Crippen LogP contribution is 2.21. The monoisotopic (exact) mass is 528 g/mol. The molecule has 2 aromatic rings. The van der Waals surface area contributed by atoms with E-state index in [9.17, 15) is 9.50 Å². The Labute approximate surface area is 194 Å². The highest BCUT2D eigenvalue weighted by atomic mass is 127. The molecule has 0 radical (unpaired) electrons. The first-order valence-corrected chi connectivity index (χ1v) is 9.97. The van der Waals surface area contributed by atoms with E-state index in [-0.39, 0.29) is 36.3 Å². The first-order valence-electron chi connectivity index (χ1n) is 9.97. The van der Waals surface area contributed by atoms with Crippen molar-refractivity contribution < 1.29 is 14.2 Å². The van der Waals surface area contributed by atoms with Crippen molar-refractivity contribution in [3.8, 4) is 5.75 Å². The van der Waals surface area contributed by atoms with Crippen molar-refractivity contribution in [3.63, 3.8) is 0 Å². The molecule has 6 nitrogen and oxygen atoms in total. The number of benzene rings is 2. The van der Waals surface area contributed by atoms with Crippen molar-refractivity contribution in [2.24, 2.45) is 4.99 Å². The number of hydrogen-bond acceptors (Lipinski definition) is 4. The first-order chi connectivity index (χ1) is 14.1. The molecule has 0 aliphatic carbocycles. The van der Waals surface area contributed by atoms with Crippen LogP contribution in [0.4, 0.5) is 10.1 Å². The maximum Gasteiger partial charge on any atom is 0.194 e. The van der Waals surface area contributed by atoms with E-state index in [0.29, 0.717) is 18.8 Å². The van der Waals surface area contributed by atoms with Crippen molar-refractivity contribution in [2.75, 3.05) is 51.3 Å². The molecule has 8 heteroatoms. The number of aliphatic hydroxyl groups is 1. The summed E-state index contributed by atoms with van der Waals surface area (Å²) >= 11 is 0. The van der Waals surface area contributed by atoms with Crippen LogP contribution in [0.3, 0.4) is 0 Å². The topological polar surface area (TPSA) is 60.3 Å². The number of guanidine groups is 1. The van der Waals surface area contributed by atoms with Crippen molar-refractivity contribution in [2.45, 2.75) is 13.0 Å². The smallest absolute Gasteiger partial charge is 0.194 e. The number of nitrogens with zero attached hydrogens (tertiary/aromatic N) is 3. The normalized spacial score (nSPS) is 15.4. The van der Waals surface area contributed by atoms with E-state index < -0.39 is 6.10 Å². The lowest BCUT2D eigenvalue weighted by molar-refractivity contribution is 0.186. The van der Waals surface area contributed by atoms with E-state index in [1.807, 2.05) is 43.3 Å². The fourth-order valence-corrected chi connectivity index (χ4v) is 3.40. The molecule has 30 heavy (non-hydrogen) atoms. The lowest BCUT2D eigenvalue weighted by atomic mass is 10.1. The Kier molecular flexibility index (Phi) is 9.64. The summed E-state index contributed by atoms with van der Waals surface area (Å²) in [4.78, 5) is 8.84. The van der Waals surface area contributed by atoms with E-state index in [2.05, 4.69) is 20.1 Å². The fourth-order valence-electron chi connectivity index (χ4n) is 3.40. The molecule has 0 aromatic heterocycles. The molecular weight excluding hydrogens is 498 g/mol. The maximum atomic E-state index is 14.0. The minimum absolute atomic E-state index is 0. The second-order valence-corrected chi connectivity index (χ2v) is 6.91. The predicted octanol–water partition coefficient (Wildman–Crippen LogP) is 3.27. The summed E-state index contributed by atoms with van der Waals surface area (Å²) in [5.41, 5.74) is 1.44. The second-order valence-electron chi connectivity index (χ2n) is 6.91. The van der Waals surface area contributed by atoms with Gasteiger partial charge in [-0.3, -0.25) is 4.99 Å². The van der Waals surface area contributed by atoms with Crippen LogP contribution >= 0.6 is 24.0 Å². The Morgan fingerprint density at radius 2 is 1.80 bits per heavy atom. The fraction of sp³-hybridized carbons (Fsp3) is 0.409. The van der Waals surface area contributed by atoms with Crippen LogP contribution in [-0.4, -0.2) is 62.3 Å². The highest BCUT2D eigenvalue weighted by molar-refractivity contribution is 14.0. The van der Waals surface area contributed by atoms with Gasteiger partial charge in [0, 0.05) is 32.7 Å². The maximum absolute atomic E-state index is 14.0. The number of para-hydroxylation sites is 1. The summed E-state index contributed by atoms with van der Waals surface area (Å²) < 4.78 is 19.2. The molecule has 164 valence electrons. The van der Waals surface area contributed by atoms with Gasteiger partial charge in [-0.05, 0) is 36.8 Å². The van der Waals surface area contributed by atoms with Gasteiger partial charge < -0.3 is 25.0 Å². The molecule has 1 unspecified atom stereocenters. The van der Waals surface area contributed by atoms with Crippen LogP contribution in [0.2, 0.25) is 0 Å². The minimum Gasteiger partial charge on any atom is -0.497 e. The SMILES string of the molecule is CCNC(=NCC(O)c1ccc(OC)cc1)N1CCN(c2ccccc2F)CC1.I. The molecule has 0 amide bonds. The number of aliphatic imine (C=N–C) groups is 1. The van der Waals surface area contributed by atoms with Crippen molar-refractivity contribution in [1.29, 1.82) is 0 Å². The van der Waals surface area contributed by atoms with Gasteiger partial charge in [-0.25, -0.2) is 4.39 Å². The molecule has 2 N–H and O–H groups in total. The van der Waals surface area contributed by atoms with Gasteiger partial charge in [0.1, 0.15) is 11.6 Å². The van der Waals surface area contributed by atoms with Gasteiger partial charge in [-0.2, -0.15) is 0 Å².